The first-order chi connectivity index (χ1) is 9.67. The molecule has 3 aromatic rings. The molecule has 1 N–H and O–H groups in total. The highest BCUT2D eigenvalue weighted by atomic mass is 32.2. The maximum Gasteiger partial charge on any atom is 0.163 e. The lowest BCUT2D eigenvalue weighted by Gasteiger charge is -2.06. The summed E-state index contributed by atoms with van der Waals surface area (Å²) in [5.41, 5.74) is 0. The van der Waals surface area contributed by atoms with Gasteiger partial charge in [0.05, 0.1) is 5.25 Å². The van der Waals surface area contributed by atoms with Gasteiger partial charge in [-0.3, -0.25) is 5.10 Å². The van der Waals surface area contributed by atoms with Crippen molar-refractivity contribution in [1.29, 1.82) is 0 Å². The zero-order valence-electron chi connectivity index (χ0n) is 11.5. The first kappa shape index (κ1) is 13.5. The van der Waals surface area contributed by atoms with Crippen LogP contribution in [0.2, 0.25) is 0 Å². The molecule has 0 fully saturated rings. The minimum absolute atomic E-state index is 0.156. The molecule has 1 atom stereocenters. The molecule has 3 aromatic heterocycles. The van der Waals surface area contributed by atoms with Crippen molar-refractivity contribution in [2.45, 2.75) is 37.5 Å². The van der Waals surface area contributed by atoms with Crippen molar-refractivity contribution in [1.82, 2.24) is 25.1 Å². The number of rotatable bonds is 4. The number of nitrogens with one attached hydrogen (secondary N) is 1. The van der Waals surface area contributed by atoms with Crippen LogP contribution in [-0.4, -0.2) is 25.1 Å². The molecule has 0 bridgehead atoms. The van der Waals surface area contributed by atoms with Crippen LogP contribution < -0.4 is 0 Å². The lowest BCUT2D eigenvalue weighted by Crippen LogP contribution is -1.93. The second-order valence-corrected chi connectivity index (χ2v) is 6.95. The zero-order valence-corrected chi connectivity index (χ0v) is 13.2. The smallest absolute Gasteiger partial charge is 0.163 e. The molecule has 0 aliphatic carbocycles. The first-order valence-electron chi connectivity index (χ1n) is 6.46. The second-order valence-electron chi connectivity index (χ2n) is 4.50. The van der Waals surface area contributed by atoms with Crippen LogP contribution in [0.1, 0.15) is 35.6 Å². The van der Waals surface area contributed by atoms with E-state index in [0.717, 1.165) is 33.3 Å². The van der Waals surface area contributed by atoms with E-state index in [1.807, 2.05) is 6.92 Å². The Labute approximate surface area is 125 Å². The van der Waals surface area contributed by atoms with E-state index in [1.165, 1.54) is 4.88 Å². The molecule has 1 unspecified atom stereocenters. The van der Waals surface area contributed by atoms with Gasteiger partial charge in [0.2, 0.25) is 0 Å². The molecule has 104 valence electrons. The molecule has 3 heterocycles. The number of aromatic amines is 1. The highest BCUT2D eigenvalue weighted by Crippen LogP contribution is 2.37. The molecule has 0 aliphatic rings. The Morgan fingerprint density at radius 2 is 2.25 bits per heavy atom. The summed E-state index contributed by atoms with van der Waals surface area (Å²) in [6.45, 7) is 6.15. The molecule has 0 spiro atoms. The number of hydrogen-bond acceptors (Lipinski definition) is 6. The van der Waals surface area contributed by atoms with Gasteiger partial charge < -0.3 is 0 Å². The highest BCUT2D eigenvalue weighted by molar-refractivity contribution is 7.99. The van der Waals surface area contributed by atoms with Crippen molar-refractivity contribution in [3.63, 3.8) is 0 Å². The molecular formula is C13H15N5S2. The van der Waals surface area contributed by atoms with Crippen LogP contribution in [0.3, 0.4) is 0 Å². The molecule has 0 aliphatic heterocycles. The third-order valence-corrected chi connectivity index (χ3v) is 5.26. The summed E-state index contributed by atoms with van der Waals surface area (Å²) in [6.07, 6.45) is 2.66. The third kappa shape index (κ3) is 2.55. The Hall–Kier alpha value is -1.47. The zero-order chi connectivity index (χ0) is 14.1. The normalized spacial score (nSPS) is 12.9. The van der Waals surface area contributed by atoms with Gasteiger partial charge in [0.25, 0.3) is 0 Å². The van der Waals surface area contributed by atoms with Gasteiger partial charge >= 0.3 is 0 Å². The van der Waals surface area contributed by atoms with Gasteiger partial charge in [-0.05, 0) is 26.3 Å². The van der Waals surface area contributed by atoms with Crippen molar-refractivity contribution >= 4 is 33.3 Å². The van der Waals surface area contributed by atoms with Crippen LogP contribution >= 0.6 is 23.1 Å². The van der Waals surface area contributed by atoms with Crippen molar-refractivity contribution in [2.24, 2.45) is 0 Å². The molecule has 3 rings (SSSR count). The number of thiophene rings is 1. The quantitative estimate of drug-likeness (QED) is 0.590. The number of hydrogen-bond donors (Lipinski definition) is 1. The van der Waals surface area contributed by atoms with Gasteiger partial charge in [-0.25, -0.2) is 15.0 Å². The van der Waals surface area contributed by atoms with Crippen LogP contribution in [0.4, 0.5) is 0 Å². The van der Waals surface area contributed by atoms with E-state index in [1.54, 1.807) is 29.4 Å². The fourth-order valence-corrected chi connectivity index (χ4v) is 3.85. The lowest BCUT2D eigenvalue weighted by atomic mass is 10.3. The average molecular weight is 305 g/mol. The van der Waals surface area contributed by atoms with Crippen molar-refractivity contribution < 1.29 is 0 Å². The van der Waals surface area contributed by atoms with Gasteiger partial charge in [0.15, 0.2) is 5.82 Å². The van der Waals surface area contributed by atoms with E-state index < -0.39 is 0 Å². The summed E-state index contributed by atoms with van der Waals surface area (Å²) in [5, 5.41) is 9.39. The molecule has 7 heteroatoms. The predicted octanol–water partition coefficient (Wildman–Crippen LogP) is 3.53. The fraction of sp³-hybridized carbons (Fsp3) is 0.385. The maximum atomic E-state index is 4.42. The molecule has 0 amide bonds. The monoisotopic (exact) mass is 305 g/mol. The topological polar surface area (TPSA) is 67.3 Å². The van der Waals surface area contributed by atoms with Crippen LogP contribution in [0, 0.1) is 6.92 Å². The lowest BCUT2D eigenvalue weighted by molar-refractivity contribution is 0.922. The number of nitrogens with zero attached hydrogens (tertiary/aromatic N) is 4. The van der Waals surface area contributed by atoms with E-state index in [9.17, 15) is 0 Å². The highest BCUT2D eigenvalue weighted by Gasteiger charge is 2.16. The van der Waals surface area contributed by atoms with Gasteiger partial charge in [-0.15, -0.1) is 11.3 Å². The third-order valence-electron chi connectivity index (χ3n) is 2.96. The van der Waals surface area contributed by atoms with Crippen molar-refractivity contribution in [2.75, 3.05) is 0 Å². The molecular weight excluding hydrogens is 290 g/mol. The molecule has 0 aromatic carbocycles. The molecule has 20 heavy (non-hydrogen) atoms. The Morgan fingerprint density at radius 1 is 1.40 bits per heavy atom. The summed E-state index contributed by atoms with van der Waals surface area (Å²) in [5.74, 6) is 1.65. The molecule has 0 saturated carbocycles. The summed E-state index contributed by atoms with van der Waals surface area (Å²) < 4.78 is 0. The molecule has 0 saturated heterocycles. The largest absolute Gasteiger partial charge is 0.263 e. The van der Waals surface area contributed by atoms with Gasteiger partial charge in [-0.2, -0.15) is 5.10 Å². The molecule has 0 radical (unpaired) electrons. The van der Waals surface area contributed by atoms with Crippen LogP contribution in [0.25, 0.3) is 10.2 Å². The molecule has 5 nitrogen and oxygen atoms in total. The van der Waals surface area contributed by atoms with Crippen LogP contribution in [-0.2, 0) is 6.42 Å². The second kappa shape index (κ2) is 5.49. The number of aromatic nitrogens is 5. The first-order valence-corrected chi connectivity index (χ1v) is 8.16. The summed E-state index contributed by atoms with van der Waals surface area (Å²) in [6, 6.07) is 2.19. The Morgan fingerprint density at radius 3 is 2.95 bits per heavy atom. The van der Waals surface area contributed by atoms with E-state index in [2.05, 4.69) is 45.1 Å². The van der Waals surface area contributed by atoms with Crippen LogP contribution in [0.15, 0.2) is 17.4 Å². The minimum Gasteiger partial charge on any atom is -0.263 e. The van der Waals surface area contributed by atoms with Gasteiger partial charge in [0, 0.05) is 10.3 Å². The Kier molecular flexibility index (Phi) is 3.71. The number of fused-ring (bicyclic) bond motifs is 1. The SMILES string of the molecule is CCc1cc2c(SC(C)c3n[nH]c(C)n3)ncnc2s1. The minimum atomic E-state index is 0.156. The summed E-state index contributed by atoms with van der Waals surface area (Å²) in [4.78, 5) is 15.5. The van der Waals surface area contributed by atoms with E-state index in [4.69, 9.17) is 0 Å². The van der Waals surface area contributed by atoms with E-state index in [0.29, 0.717) is 0 Å². The van der Waals surface area contributed by atoms with E-state index >= 15 is 0 Å². The van der Waals surface area contributed by atoms with E-state index in [-0.39, 0.29) is 5.25 Å². The standard InChI is InChI=1S/C13H15N5S2/c1-4-9-5-10-12(14-6-15-13(10)20-9)19-7(2)11-16-8(3)17-18-11/h5-7H,4H2,1-3H3,(H,16,17,18). The summed E-state index contributed by atoms with van der Waals surface area (Å²) >= 11 is 3.41. The number of H-pyrrole nitrogens is 1. The van der Waals surface area contributed by atoms with Crippen LogP contribution in [0.5, 0.6) is 0 Å². The maximum absolute atomic E-state index is 4.42. The Bertz CT molecular complexity index is 733. The number of thioether (sulfide) groups is 1. The fourth-order valence-electron chi connectivity index (χ4n) is 1.91. The predicted molar refractivity (Wildman–Crippen MR) is 82.2 cm³/mol. The van der Waals surface area contributed by atoms with Gasteiger partial charge in [-0.1, -0.05) is 18.7 Å². The van der Waals surface area contributed by atoms with Gasteiger partial charge in [0.1, 0.15) is 22.0 Å². The summed E-state index contributed by atoms with van der Waals surface area (Å²) in [7, 11) is 0. The Balaban J connectivity index is 1.92. The average Bonchev–Trinajstić information content (AvgIpc) is 3.05. The number of aryl methyl sites for hydroxylation is 2. The van der Waals surface area contributed by atoms with Crippen molar-refractivity contribution in [3.05, 3.63) is 28.9 Å². The van der Waals surface area contributed by atoms with Crippen molar-refractivity contribution in [3.8, 4) is 0 Å².